The van der Waals surface area contributed by atoms with Gasteiger partial charge in [0, 0.05) is 75.2 Å². The van der Waals surface area contributed by atoms with Crippen LogP contribution in [0.15, 0.2) is 152 Å². The van der Waals surface area contributed by atoms with Crippen LogP contribution in [0.5, 0.6) is 11.5 Å². The standard InChI is InChI=1S/C50H40N6O/c1-50(2,3)32-24-25-51-43(28-32)56-42-30-36(57-35-17-13-16-34(29-35)54-27-26-52(4)31-54)22-23-39(42)44-45-38-19-10-12-21-41(38)55(33-14-7-6-8-15-33)49(45)48-46(47(44)56)37-18-9-11-20-40(37)53(48)5/h6-30H,1-5H3. The van der Waals surface area contributed by atoms with Gasteiger partial charge in [-0.1, -0.05) is 87.5 Å². The Labute approximate surface area is 329 Å². The molecule has 0 saturated carbocycles. The van der Waals surface area contributed by atoms with Crippen molar-refractivity contribution in [3.8, 4) is 28.7 Å². The van der Waals surface area contributed by atoms with Gasteiger partial charge in [0.05, 0.1) is 40.3 Å². The SMILES string of the molecule is Cn1[c-][n+](-c2cccc(Oc3ccc4c5c6c7ccccc7n(-c7ccccc7)c6c6c(c7ccccc7n6C)c5n(-c5cc(C(C)(C)C)ccn5)c4c3)c2)cc1. The van der Waals surface area contributed by atoms with Crippen LogP contribution in [0, 0.1) is 6.33 Å². The minimum atomic E-state index is -0.0743. The van der Waals surface area contributed by atoms with Crippen LogP contribution < -0.4 is 9.30 Å². The van der Waals surface area contributed by atoms with Gasteiger partial charge in [-0.3, -0.25) is 4.57 Å². The highest BCUT2D eigenvalue weighted by atomic mass is 16.5. The van der Waals surface area contributed by atoms with Crippen molar-refractivity contribution < 1.29 is 9.30 Å². The number of benzene rings is 6. The lowest BCUT2D eigenvalue weighted by Gasteiger charge is -2.20. The lowest BCUT2D eigenvalue weighted by molar-refractivity contribution is -0.599. The number of aryl methyl sites for hydroxylation is 2. The molecule has 11 rings (SSSR count). The van der Waals surface area contributed by atoms with E-state index in [2.05, 4.69) is 163 Å². The van der Waals surface area contributed by atoms with Crippen molar-refractivity contribution in [2.75, 3.05) is 0 Å². The van der Waals surface area contributed by atoms with E-state index in [-0.39, 0.29) is 5.41 Å². The van der Waals surface area contributed by atoms with Gasteiger partial charge < -0.3 is 23.0 Å². The Bertz CT molecular complexity index is 3390. The van der Waals surface area contributed by atoms with Crippen LogP contribution in [-0.4, -0.2) is 23.3 Å². The highest BCUT2D eigenvalue weighted by Crippen LogP contribution is 2.49. The topological polar surface area (TPSA) is 45.7 Å². The van der Waals surface area contributed by atoms with Gasteiger partial charge in [0.25, 0.3) is 0 Å². The van der Waals surface area contributed by atoms with E-state index in [0.717, 1.165) is 45.1 Å². The van der Waals surface area contributed by atoms with Gasteiger partial charge in [-0.15, -0.1) is 0 Å². The first-order valence-corrected chi connectivity index (χ1v) is 19.4. The van der Waals surface area contributed by atoms with Crippen molar-refractivity contribution in [3.63, 3.8) is 0 Å². The normalized spacial score (nSPS) is 12.3. The second-order valence-corrected chi connectivity index (χ2v) is 16.1. The molecule has 5 aromatic heterocycles. The summed E-state index contributed by atoms with van der Waals surface area (Å²) in [6.07, 6.45) is 9.22. The lowest BCUT2D eigenvalue weighted by Crippen LogP contribution is -2.27. The van der Waals surface area contributed by atoms with E-state index in [1.165, 1.54) is 54.6 Å². The maximum absolute atomic E-state index is 6.73. The van der Waals surface area contributed by atoms with Gasteiger partial charge in [0.15, 0.2) is 0 Å². The fraction of sp³-hybridized carbons (Fsp3) is 0.120. The number of imidazole rings is 1. The quantitative estimate of drug-likeness (QED) is 0.130. The molecule has 0 aliphatic heterocycles. The minimum Gasteiger partial charge on any atom is -0.458 e. The van der Waals surface area contributed by atoms with Crippen LogP contribution in [-0.2, 0) is 19.5 Å². The molecule has 5 heterocycles. The molecule has 0 atom stereocenters. The number of aromatic nitrogens is 6. The molecule has 7 nitrogen and oxygen atoms in total. The summed E-state index contributed by atoms with van der Waals surface area (Å²) in [5, 5.41) is 7.15. The van der Waals surface area contributed by atoms with Gasteiger partial charge in [-0.25, -0.2) is 4.98 Å². The van der Waals surface area contributed by atoms with Crippen molar-refractivity contribution in [2.45, 2.75) is 26.2 Å². The molecule has 7 heteroatoms. The Morgan fingerprint density at radius 2 is 1.30 bits per heavy atom. The number of fused-ring (bicyclic) bond motifs is 12. The molecule has 57 heavy (non-hydrogen) atoms. The Morgan fingerprint density at radius 1 is 0.596 bits per heavy atom. The van der Waals surface area contributed by atoms with Crippen molar-refractivity contribution in [3.05, 3.63) is 164 Å². The number of para-hydroxylation sites is 3. The summed E-state index contributed by atoms with van der Waals surface area (Å²) in [5.41, 5.74) is 10.1. The second kappa shape index (κ2) is 12.2. The summed E-state index contributed by atoms with van der Waals surface area (Å²) in [6.45, 7) is 6.78. The summed E-state index contributed by atoms with van der Waals surface area (Å²) in [4.78, 5) is 5.15. The first kappa shape index (κ1) is 33.2. The molecule has 0 unspecified atom stereocenters. The maximum atomic E-state index is 6.73. The molecule has 0 bridgehead atoms. The summed E-state index contributed by atoms with van der Waals surface area (Å²) < 4.78 is 17.8. The Morgan fingerprint density at radius 3 is 2.07 bits per heavy atom. The maximum Gasteiger partial charge on any atom is 0.243 e. The van der Waals surface area contributed by atoms with Crippen molar-refractivity contribution in [1.82, 2.24) is 23.3 Å². The number of hydrogen-bond acceptors (Lipinski definition) is 2. The molecule has 6 aromatic carbocycles. The third kappa shape index (κ3) is 4.98. The smallest absolute Gasteiger partial charge is 0.243 e. The molecule has 0 saturated heterocycles. The molecular formula is C50H40N6O. The average Bonchev–Trinajstić information content (AvgIpc) is 3.98. The van der Waals surface area contributed by atoms with E-state index in [0.29, 0.717) is 0 Å². The number of pyridine rings is 1. The molecule has 0 aliphatic carbocycles. The van der Waals surface area contributed by atoms with E-state index < -0.39 is 0 Å². The summed E-state index contributed by atoms with van der Waals surface area (Å²) in [6, 6.07) is 47.5. The molecule has 0 aliphatic rings. The van der Waals surface area contributed by atoms with E-state index in [1.807, 2.05) is 53.0 Å². The molecule has 0 N–H and O–H groups in total. The van der Waals surface area contributed by atoms with E-state index in [1.54, 1.807) is 0 Å². The Balaban J connectivity index is 1.31. The summed E-state index contributed by atoms with van der Waals surface area (Å²) in [5.74, 6) is 2.37. The van der Waals surface area contributed by atoms with E-state index in [4.69, 9.17) is 9.72 Å². The first-order valence-electron chi connectivity index (χ1n) is 19.4. The predicted octanol–water partition coefficient (Wildman–Crippen LogP) is 11.4. The van der Waals surface area contributed by atoms with Gasteiger partial charge >= 0.3 is 0 Å². The summed E-state index contributed by atoms with van der Waals surface area (Å²) in [7, 11) is 4.18. The largest absolute Gasteiger partial charge is 0.458 e. The van der Waals surface area contributed by atoms with Gasteiger partial charge in [-0.2, -0.15) is 0 Å². The first-order chi connectivity index (χ1) is 27.7. The lowest BCUT2D eigenvalue weighted by atomic mass is 9.88. The zero-order valence-electron chi connectivity index (χ0n) is 32.5. The van der Waals surface area contributed by atoms with Crippen molar-refractivity contribution >= 4 is 65.4 Å². The second-order valence-electron chi connectivity index (χ2n) is 16.1. The van der Waals surface area contributed by atoms with Crippen LogP contribution in [0.2, 0.25) is 0 Å². The highest BCUT2D eigenvalue weighted by Gasteiger charge is 2.28. The third-order valence-electron chi connectivity index (χ3n) is 11.5. The van der Waals surface area contributed by atoms with Crippen molar-refractivity contribution in [2.24, 2.45) is 14.1 Å². The van der Waals surface area contributed by atoms with Crippen LogP contribution in [0.25, 0.3) is 82.6 Å². The monoisotopic (exact) mass is 740 g/mol. The van der Waals surface area contributed by atoms with E-state index >= 15 is 0 Å². The van der Waals surface area contributed by atoms with Crippen LogP contribution >= 0.6 is 0 Å². The summed E-state index contributed by atoms with van der Waals surface area (Å²) >= 11 is 0. The molecule has 11 aromatic rings. The Hall–Kier alpha value is -7.12. The fourth-order valence-corrected chi connectivity index (χ4v) is 8.92. The molecule has 0 fully saturated rings. The molecular weight excluding hydrogens is 701 g/mol. The van der Waals surface area contributed by atoms with E-state index in [9.17, 15) is 0 Å². The zero-order valence-corrected chi connectivity index (χ0v) is 32.5. The fourth-order valence-electron chi connectivity index (χ4n) is 8.92. The number of ether oxygens (including phenoxy) is 1. The van der Waals surface area contributed by atoms with Gasteiger partial charge in [0.1, 0.15) is 17.3 Å². The predicted molar refractivity (Wildman–Crippen MR) is 231 cm³/mol. The van der Waals surface area contributed by atoms with Gasteiger partial charge in [0.2, 0.25) is 6.33 Å². The van der Waals surface area contributed by atoms with Crippen LogP contribution in [0.1, 0.15) is 26.3 Å². The average molecular weight is 741 g/mol. The molecule has 0 amide bonds. The third-order valence-corrected chi connectivity index (χ3v) is 11.5. The highest BCUT2D eigenvalue weighted by molar-refractivity contribution is 6.40. The van der Waals surface area contributed by atoms with Crippen molar-refractivity contribution in [1.29, 1.82) is 0 Å². The molecule has 0 radical (unpaired) electrons. The van der Waals surface area contributed by atoms with Gasteiger partial charge in [-0.05, 0) is 71.6 Å². The number of hydrogen-bond donors (Lipinski definition) is 0. The Kier molecular flexibility index (Phi) is 7.11. The molecule has 276 valence electrons. The zero-order chi connectivity index (χ0) is 38.6. The van der Waals surface area contributed by atoms with Crippen LogP contribution in [0.4, 0.5) is 0 Å². The number of rotatable bonds is 5. The minimum absolute atomic E-state index is 0.0743. The van der Waals surface area contributed by atoms with Crippen LogP contribution in [0.3, 0.4) is 0 Å². The number of nitrogens with zero attached hydrogens (tertiary/aromatic N) is 6. The molecule has 0 spiro atoms.